The van der Waals surface area contributed by atoms with Crippen LogP contribution in [0.3, 0.4) is 0 Å². The normalized spacial score (nSPS) is 40.8. The molecule has 0 aromatic heterocycles. The number of rotatable bonds is 3. The Labute approximate surface area is 120 Å². The molecular weight excluding hydrogens is 276 g/mol. The lowest BCUT2D eigenvalue weighted by molar-refractivity contribution is -0.105. The van der Waals surface area contributed by atoms with Crippen LogP contribution in [0.2, 0.25) is 0 Å². The van der Waals surface area contributed by atoms with E-state index in [0.29, 0.717) is 0 Å². The summed E-state index contributed by atoms with van der Waals surface area (Å²) in [5.41, 5.74) is 1.36. The van der Waals surface area contributed by atoms with Crippen molar-refractivity contribution >= 4 is 24.2 Å². The number of fused-ring (bicyclic) bond motifs is 1. The second-order valence-electron chi connectivity index (χ2n) is 5.50. The fourth-order valence-corrected chi connectivity index (χ4v) is 4.91. The van der Waals surface area contributed by atoms with Crippen molar-refractivity contribution < 1.29 is 19.1 Å². The number of carbonyl (C=O) groups is 2. The van der Waals surface area contributed by atoms with Gasteiger partial charge in [-0.25, -0.2) is 4.79 Å². The maximum Gasteiger partial charge on any atom is 0.509 e. The van der Waals surface area contributed by atoms with E-state index in [9.17, 15) is 9.59 Å². The molecule has 3 aliphatic carbocycles. The molecule has 4 nitrogen and oxygen atoms in total. The van der Waals surface area contributed by atoms with Gasteiger partial charge >= 0.3 is 6.16 Å². The van der Waals surface area contributed by atoms with Gasteiger partial charge in [0, 0.05) is 10.5 Å². The van der Waals surface area contributed by atoms with Crippen LogP contribution in [0.5, 0.6) is 0 Å². The van der Waals surface area contributed by atoms with Crippen molar-refractivity contribution in [3.63, 3.8) is 0 Å². The highest BCUT2D eigenvalue weighted by Gasteiger charge is 2.83. The van der Waals surface area contributed by atoms with Gasteiger partial charge in [0.2, 0.25) is 0 Å². The molecule has 20 heavy (non-hydrogen) atoms. The van der Waals surface area contributed by atoms with Gasteiger partial charge in [0.25, 0.3) is 0 Å². The lowest BCUT2D eigenvalue weighted by Gasteiger charge is -2.26. The summed E-state index contributed by atoms with van der Waals surface area (Å²) in [6.45, 7) is 0. The maximum absolute atomic E-state index is 11.5. The Hall–Kier alpha value is -1.49. The van der Waals surface area contributed by atoms with Crippen LogP contribution in [0.4, 0.5) is 4.79 Å². The van der Waals surface area contributed by atoms with Gasteiger partial charge in [0.1, 0.15) is 6.29 Å². The Bertz CT molecular complexity index is 603. The van der Waals surface area contributed by atoms with E-state index >= 15 is 0 Å². The molecular formula is C15H14O4S. The van der Waals surface area contributed by atoms with E-state index in [0.717, 1.165) is 29.6 Å². The van der Waals surface area contributed by atoms with Crippen LogP contribution in [0, 0.1) is 11.8 Å². The maximum atomic E-state index is 11.5. The molecule has 1 aliphatic heterocycles. The topological polar surface area (TPSA) is 52.6 Å². The van der Waals surface area contributed by atoms with Gasteiger partial charge in [-0.1, -0.05) is 23.8 Å². The van der Waals surface area contributed by atoms with E-state index in [-0.39, 0.29) is 17.9 Å². The number of thioether (sulfide) groups is 1. The SMILES string of the molecule is CSC1=C(C=O)C2C3OC(=O)OC32C1C1=CC=CCC1. The quantitative estimate of drug-likeness (QED) is 0.591. The largest absolute Gasteiger partial charge is 0.509 e. The first kappa shape index (κ1) is 12.3. The highest BCUT2D eigenvalue weighted by atomic mass is 32.2. The van der Waals surface area contributed by atoms with Gasteiger partial charge in [-0.2, -0.15) is 0 Å². The molecule has 0 radical (unpaired) electrons. The molecule has 4 unspecified atom stereocenters. The predicted molar refractivity (Wildman–Crippen MR) is 74.1 cm³/mol. The molecule has 5 heteroatoms. The number of ether oxygens (including phenoxy) is 2. The summed E-state index contributed by atoms with van der Waals surface area (Å²) in [6, 6.07) is 0. The van der Waals surface area contributed by atoms with Crippen molar-refractivity contribution in [3.05, 3.63) is 34.3 Å². The van der Waals surface area contributed by atoms with Gasteiger partial charge in [0.15, 0.2) is 11.7 Å². The minimum absolute atomic E-state index is 0.0101. The second kappa shape index (κ2) is 4.01. The second-order valence-corrected chi connectivity index (χ2v) is 6.35. The standard InChI is InChI=1S/C15H14O4S/c1-20-12-9(7-16)11-13-15(11,19-14(17)18-13)10(12)8-5-3-2-4-6-8/h2-3,5,7,10-11,13H,4,6H2,1H3. The highest BCUT2D eigenvalue weighted by Crippen LogP contribution is 2.70. The molecule has 0 aromatic carbocycles. The van der Waals surface area contributed by atoms with Crippen molar-refractivity contribution in [3.8, 4) is 0 Å². The Balaban J connectivity index is 1.82. The summed E-state index contributed by atoms with van der Waals surface area (Å²) in [5.74, 6) is -0.0824. The number of aldehydes is 1. The van der Waals surface area contributed by atoms with Gasteiger partial charge in [-0.3, -0.25) is 4.79 Å². The van der Waals surface area contributed by atoms with E-state index in [2.05, 4.69) is 12.2 Å². The monoisotopic (exact) mass is 290 g/mol. The molecule has 4 aliphatic rings. The summed E-state index contributed by atoms with van der Waals surface area (Å²) in [5, 5.41) is 0. The molecule has 1 heterocycles. The number of hydrogen-bond acceptors (Lipinski definition) is 5. The van der Waals surface area contributed by atoms with Gasteiger partial charge < -0.3 is 9.47 Å². The first-order chi connectivity index (χ1) is 9.74. The molecule has 1 spiro atoms. The number of hydrogen-bond donors (Lipinski definition) is 0. The smallest absolute Gasteiger partial charge is 0.426 e. The van der Waals surface area contributed by atoms with Crippen molar-refractivity contribution in [2.24, 2.45) is 11.8 Å². The van der Waals surface area contributed by atoms with Crippen LogP contribution in [0.25, 0.3) is 0 Å². The van der Waals surface area contributed by atoms with Crippen LogP contribution in [0.1, 0.15) is 12.8 Å². The third-order valence-corrected chi connectivity index (χ3v) is 5.62. The highest BCUT2D eigenvalue weighted by molar-refractivity contribution is 8.02. The number of carbonyl (C=O) groups excluding carboxylic acids is 2. The van der Waals surface area contributed by atoms with E-state index in [1.54, 1.807) is 11.8 Å². The van der Waals surface area contributed by atoms with Crippen LogP contribution in [-0.2, 0) is 14.3 Å². The molecule has 0 bridgehead atoms. The average molecular weight is 290 g/mol. The van der Waals surface area contributed by atoms with Gasteiger partial charge in [0.05, 0.1) is 11.8 Å². The summed E-state index contributed by atoms with van der Waals surface area (Å²) in [7, 11) is 0. The third-order valence-electron chi connectivity index (χ3n) is 4.70. The summed E-state index contributed by atoms with van der Waals surface area (Å²) >= 11 is 1.58. The van der Waals surface area contributed by atoms with Crippen molar-refractivity contribution in [1.82, 2.24) is 0 Å². The molecule has 4 atom stereocenters. The first-order valence-corrected chi connectivity index (χ1v) is 7.95. The zero-order chi connectivity index (χ0) is 13.9. The zero-order valence-corrected chi connectivity index (χ0v) is 11.8. The Morgan fingerprint density at radius 3 is 3.00 bits per heavy atom. The van der Waals surface area contributed by atoms with Crippen LogP contribution >= 0.6 is 11.8 Å². The van der Waals surface area contributed by atoms with Crippen molar-refractivity contribution in [2.45, 2.75) is 24.5 Å². The van der Waals surface area contributed by atoms with Crippen molar-refractivity contribution in [2.75, 3.05) is 6.26 Å². The fourth-order valence-electron chi connectivity index (χ4n) is 3.93. The summed E-state index contributed by atoms with van der Waals surface area (Å²) in [4.78, 5) is 23.9. The Morgan fingerprint density at radius 1 is 1.50 bits per heavy atom. The minimum atomic E-state index is -0.636. The average Bonchev–Trinajstić information content (AvgIpc) is 2.82. The van der Waals surface area contributed by atoms with Crippen LogP contribution < -0.4 is 0 Å². The van der Waals surface area contributed by atoms with E-state index in [1.165, 1.54) is 5.57 Å². The summed E-state index contributed by atoms with van der Waals surface area (Å²) < 4.78 is 10.8. The molecule has 4 rings (SSSR count). The van der Waals surface area contributed by atoms with E-state index in [1.807, 2.05) is 12.3 Å². The Morgan fingerprint density at radius 2 is 2.35 bits per heavy atom. The minimum Gasteiger partial charge on any atom is -0.426 e. The van der Waals surface area contributed by atoms with Crippen LogP contribution in [-0.4, -0.2) is 30.4 Å². The van der Waals surface area contributed by atoms with Crippen molar-refractivity contribution in [1.29, 1.82) is 0 Å². The molecule has 1 saturated carbocycles. The number of allylic oxidation sites excluding steroid dienone is 3. The van der Waals surface area contributed by atoms with Gasteiger partial charge in [-0.05, 0) is 19.1 Å². The molecule has 0 N–H and O–H groups in total. The lowest BCUT2D eigenvalue weighted by atomic mass is 9.87. The lowest BCUT2D eigenvalue weighted by Crippen LogP contribution is -2.28. The third kappa shape index (κ3) is 1.29. The summed E-state index contributed by atoms with van der Waals surface area (Å²) in [6.07, 6.45) is 10.2. The molecule has 0 aromatic rings. The molecule has 0 amide bonds. The molecule has 104 valence electrons. The van der Waals surface area contributed by atoms with E-state index < -0.39 is 11.8 Å². The van der Waals surface area contributed by atoms with Gasteiger partial charge in [-0.15, -0.1) is 11.8 Å². The molecule has 2 fully saturated rings. The molecule has 1 saturated heterocycles. The van der Waals surface area contributed by atoms with Crippen LogP contribution in [0.15, 0.2) is 34.3 Å². The van der Waals surface area contributed by atoms with E-state index in [4.69, 9.17) is 9.47 Å². The zero-order valence-electron chi connectivity index (χ0n) is 11.0. The predicted octanol–water partition coefficient (Wildman–Crippen LogP) is 2.61. The fraction of sp³-hybridized carbons (Fsp3) is 0.467. The Kier molecular flexibility index (Phi) is 2.46. The first-order valence-electron chi connectivity index (χ1n) is 6.72.